The molecule has 2 saturated heterocycles. The number of hydrogen-bond acceptors (Lipinski definition) is 4. The maximum atomic E-state index is 13.1. The number of nitrogens with zero attached hydrogens (tertiary/aromatic N) is 1. The number of benzene rings is 1. The molecule has 6 heteroatoms. The van der Waals surface area contributed by atoms with Crippen LogP contribution in [-0.2, 0) is 0 Å². The molecule has 3 rings (SSSR count). The van der Waals surface area contributed by atoms with Crippen molar-refractivity contribution in [2.45, 2.75) is 44.7 Å². The molecule has 0 saturated carbocycles. The summed E-state index contributed by atoms with van der Waals surface area (Å²) >= 11 is 3.53. The molecule has 2 atom stereocenters. The first-order chi connectivity index (χ1) is 11.7. The third-order valence-corrected chi connectivity index (χ3v) is 5.40. The van der Waals surface area contributed by atoms with Gasteiger partial charge in [0.05, 0.1) is 18.2 Å². The van der Waals surface area contributed by atoms with Gasteiger partial charge >= 0.3 is 0 Å². The maximum Gasteiger partial charge on any atom is 0.254 e. The second kappa shape index (κ2) is 7.74. The number of ether oxygens (including phenoxy) is 2. The number of halogens is 1. The molecule has 5 nitrogen and oxygen atoms in total. The van der Waals surface area contributed by atoms with Gasteiger partial charge in [0.25, 0.3) is 5.91 Å². The van der Waals surface area contributed by atoms with Crippen molar-refractivity contribution in [3.8, 4) is 11.5 Å². The highest BCUT2D eigenvalue weighted by Crippen LogP contribution is 2.38. The zero-order valence-electron chi connectivity index (χ0n) is 14.3. The molecule has 2 aliphatic rings. The van der Waals surface area contributed by atoms with Crippen LogP contribution in [0.2, 0.25) is 0 Å². The zero-order chi connectivity index (χ0) is 17.1. The Bertz CT molecular complexity index is 594. The number of hydrogen-bond donors (Lipinski definition) is 1. The first-order valence-corrected chi connectivity index (χ1v) is 9.48. The van der Waals surface area contributed by atoms with E-state index in [1.165, 1.54) is 0 Å². The number of nitrogens with one attached hydrogen (secondary N) is 1. The number of carbonyl (C=O) groups excluding carboxylic acids is 1. The van der Waals surface area contributed by atoms with E-state index in [-0.39, 0.29) is 5.91 Å². The summed E-state index contributed by atoms with van der Waals surface area (Å²) in [5.41, 5.74) is 0.654. The molecule has 2 unspecified atom stereocenters. The van der Waals surface area contributed by atoms with Crippen molar-refractivity contribution in [2.24, 2.45) is 0 Å². The quantitative estimate of drug-likeness (QED) is 0.829. The van der Waals surface area contributed by atoms with Crippen LogP contribution in [0, 0.1) is 0 Å². The highest BCUT2D eigenvalue weighted by atomic mass is 79.9. The second-order valence-corrected chi connectivity index (χ2v) is 7.28. The van der Waals surface area contributed by atoms with Crippen molar-refractivity contribution >= 4 is 21.8 Å². The summed E-state index contributed by atoms with van der Waals surface area (Å²) in [5, 5.41) is 3.43. The van der Waals surface area contributed by atoms with E-state index in [0.717, 1.165) is 43.2 Å². The van der Waals surface area contributed by atoms with Crippen molar-refractivity contribution < 1.29 is 14.3 Å². The predicted molar refractivity (Wildman–Crippen MR) is 96.9 cm³/mol. The number of amides is 1. The van der Waals surface area contributed by atoms with Crippen LogP contribution in [0.15, 0.2) is 16.6 Å². The monoisotopic (exact) mass is 396 g/mol. The Morgan fingerprint density at radius 2 is 2.12 bits per heavy atom. The van der Waals surface area contributed by atoms with E-state index in [0.29, 0.717) is 35.8 Å². The van der Waals surface area contributed by atoms with Gasteiger partial charge in [0.1, 0.15) is 0 Å². The minimum atomic E-state index is 0.0900. The van der Waals surface area contributed by atoms with E-state index in [1.54, 1.807) is 13.2 Å². The molecule has 0 radical (unpaired) electrons. The van der Waals surface area contributed by atoms with Gasteiger partial charge in [-0.3, -0.25) is 4.79 Å². The molecule has 1 amide bonds. The topological polar surface area (TPSA) is 50.8 Å². The Labute approximate surface area is 151 Å². The summed E-state index contributed by atoms with van der Waals surface area (Å²) in [6.07, 6.45) is 4.13. The molecule has 0 aromatic heterocycles. The average molecular weight is 397 g/mol. The molecule has 1 aromatic carbocycles. The van der Waals surface area contributed by atoms with Crippen LogP contribution in [0.1, 0.15) is 43.0 Å². The van der Waals surface area contributed by atoms with Gasteiger partial charge in [-0.2, -0.15) is 0 Å². The third-order valence-electron chi connectivity index (χ3n) is 4.82. The fourth-order valence-corrected chi connectivity index (χ4v) is 4.21. The minimum Gasteiger partial charge on any atom is -0.493 e. The van der Waals surface area contributed by atoms with Gasteiger partial charge in [-0.1, -0.05) is 6.92 Å². The van der Waals surface area contributed by atoms with E-state index in [1.807, 2.05) is 6.07 Å². The molecule has 132 valence electrons. The van der Waals surface area contributed by atoms with Gasteiger partial charge in [-0.15, -0.1) is 0 Å². The first-order valence-electron chi connectivity index (χ1n) is 8.69. The summed E-state index contributed by atoms with van der Waals surface area (Å²) < 4.78 is 12.0. The largest absolute Gasteiger partial charge is 0.493 e. The van der Waals surface area contributed by atoms with E-state index >= 15 is 0 Å². The number of fused-ring (bicyclic) bond motifs is 2. The normalized spacial score (nSPS) is 23.0. The van der Waals surface area contributed by atoms with Crippen LogP contribution >= 0.6 is 15.9 Å². The van der Waals surface area contributed by atoms with Gasteiger partial charge < -0.3 is 19.7 Å². The van der Waals surface area contributed by atoms with Crippen LogP contribution in [-0.4, -0.2) is 49.7 Å². The standard InChI is InChI=1S/C18H25BrN2O3/c1-3-8-24-17-15(19)9-12(10-16(17)23-2)18(22)21-13-4-5-14(21)11-20-7-6-13/h9-10,13-14,20H,3-8,11H2,1-2H3. The van der Waals surface area contributed by atoms with Crippen LogP contribution in [0.3, 0.4) is 0 Å². The molecule has 0 aliphatic carbocycles. The Morgan fingerprint density at radius 1 is 1.33 bits per heavy atom. The summed E-state index contributed by atoms with van der Waals surface area (Å²) in [6.45, 7) is 4.55. The van der Waals surface area contributed by atoms with Crippen LogP contribution in [0.25, 0.3) is 0 Å². The minimum absolute atomic E-state index is 0.0900. The number of carbonyl (C=O) groups is 1. The van der Waals surface area contributed by atoms with E-state index in [2.05, 4.69) is 33.1 Å². The summed E-state index contributed by atoms with van der Waals surface area (Å²) in [7, 11) is 1.61. The molecular formula is C18H25BrN2O3. The highest BCUT2D eigenvalue weighted by Gasteiger charge is 2.38. The van der Waals surface area contributed by atoms with Crippen molar-refractivity contribution in [1.82, 2.24) is 10.2 Å². The second-order valence-electron chi connectivity index (χ2n) is 6.43. The molecule has 2 aliphatic heterocycles. The molecule has 24 heavy (non-hydrogen) atoms. The summed E-state index contributed by atoms with van der Waals surface area (Å²) in [4.78, 5) is 15.2. The van der Waals surface area contributed by atoms with Gasteiger partial charge in [-0.05, 0) is 60.3 Å². The van der Waals surface area contributed by atoms with Crippen molar-refractivity contribution in [2.75, 3.05) is 26.8 Å². The summed E-state index contributed by atoms with van der Waals surface area (Å²) in [6, 6.07) is 4.30. The van der Waals surface area contributed by atoms with Gasteiger partial charge in [0.2, 0.25) is 0 Å². The SMILES string of the molecule is CCCOc1c(Br)cc(C(=O)N2C3CCNCC2CC3)cc1OC. The van der Waals surface area contributed by atoms with Gasteiger partial charge in [-0.25, -0.2) is 0 Å². The molecule has 2 heterocycles. The average Bonchev–Trinajstić information content (AvgIpc) is 2.85. The fourth-order valence-electron chi connectivity index (χ4n) is 3.65. The zero-order valence-corrected chi connectivity index (χ0v) is 15.9. The molecule has 2 fully saturated rings. The molecule has 2 bridgehead atoms. The Balaban J connectivity index is 1.88. The smallest absolute Gasteiger partial charge is 0.254 e. The van der Waals surface area contributed by atoms with Crippen LogP contribution in [0.4, 0.5) is 0 Å². The lowest BCUT2D eigenvalue weighted by Gasteiger charge is -2.28. The molecule has 1 aromatic rings. The van der Waals surface area contributed by atoms with Crippen LogP contribution < -0.4 is 14.8 Å². The van der Waals surface area contributed by atoms with Gasteiger partial charge in [0.15, 0.2) is 11.5 Å². The summed E-state index contributed by atoms with van der Waals surface area (Å²) in [5.74, 6) is 1.35. The van der Waals surface area contributed by atoms with E-state index < -0.39 is 0 Å². The Morgan fingerprint density at radius 3 is 2.88 bits per heavy atom. The molecule has 1 N–H and O–H groups in total. The molecular weight excluding hydrogens is 372 g/mol. The Kier molecular flexibility index (Phi) is 5.66. The first kappa shape index (κ1) is 17.5. The lowest BCUT2D eigenvalue weighted by atomic mass is 10.1. The highest BCUT2D eigenvalue weighted by molar-refractivity contribution is 9.10. The van der Waals surface area contributed by atoms with Crippen molar-refractivity contribution in [1.29, 1.82) is 0 Å². The van der Waals surface area contributed by atoms with Crippen LogP contribution in [0.5, 0.6) is 11.5 Å². The lowest BCUT2D eigenvalue weighted by molar-refractivity contribution is 0.0679. The van der Waals surface area contributed by atoms with E-state index in [4.69, 9.17) is 9.47 Å². The van der Waals surface area contributed by atoms with Gasteiger partial charge in [0, 0.05) is 24.2 Å². The lowest BCUT2D eigenvalue weighted by Crippen LogP contribution is -2.42. The Hall–Kier alpha value is -1.27. The number of methoxy groups -OCH3 is 1. The predicted octanol–water partition coefficient (Wildman–Crippen LogP) is 3.21. The molecule has 0 spiro atoms. The number of rotatable bonds is 5. The van der Waals surface area contributed by atoms with Crippen molar-refractivity contribution in [3.05, 3.63) is 22.2 Å². The maximum absolute atomic E-state index is 13.1. The van der Waals surface area contributed by atoms with E-state index in [9.17, 15) is 4.79 Å². The fraction of sp³-hybridized carbons (Fsp3) is 0.611. The third kappa shape index (κ3) is 3.40. The van der Waals surface area contributed by atoms with Crippen molar-refractivity contribution in [3.63, 3.8) is 0 Å².